The Hall–Kier alpha value is -2.46. The van der Waals surface area contributed by atoms with E-state index in [2.05, 4.69) is 10.3 Å². The summed E-state index contributed by atoms with van der Waals surface area (Å²) in [5, 5.41) is 11.9. The van der Waals surface area contributed by atoms with Gasteiger partial charge in [0.05, 0.1) is 12.3 Å². The van der Waals surface area contributed by atoms with E-state index in [-0.39, 0.29) is 18.4 Å². The van der Waals surface area contributed by atoms with Crippen molar-refractivity contribution in [1.82, 2.24) is 0 Å². The van der Waals surface area contributed by atoms with Gasteiger partial charge in [0.15, 0.2) is 0 Å². The maximum absolute atomic E-state index is 11.9. The molecule has 1 aliphatic rings. The van der Waals surface area contributed by atoms with Crippen LogP contribution in [-0.4, -0.2) is 17.2 Å². The highest BCUT2D eigenvalue weighted by atomic mass is 16.3. The normalized spacial score (nSPS) is 17.2. The number of benzene rings is 2. The Morgan fingerprint density at radius 1 is 1.20 bits per heavy atom. The maximum Gasteiger partial charge on any atom is 0.237 e. The highest BCUT2D eigenvalue weighted by Gasteiger charge is 2.28. The van der Waals surface area contributed by atoms with E-state index in [1.165, 1.54) is 0 Å². The van der Waals surface area contributed by atoms with Crippen molar-refractivity contribution in [1.29, 1.82) is 0 Å². The van der Waals surface area contributed by atoms with Gasteiger partial charge in [0.1, 0.15) is 5.92 Å². The van der Waals surface area contributed by atoms with Crippen LogP contribution in [0.15, 0.2) is 53.5 Å². The zero-order chi connectivity index (χ0) is 13.9. The number of carbonyl (C=O) groups excluding carboxylic acids is 1. The first-order chi connectivity index (χ1) is 9.78. The number of nitrogens with zero attached hydrogens (tertiary/aromatic N) is 1. The van der Waals surface area contributed by atoms with Crippen molar-refractivity contribution in [2.24, 2.45) is 4.99 Å². The van der Waals surface area contributed by atoms with Crippen molar-refractivity contribution < 1.29 is 9.90 Å². The highest BCUT2D eigenvalue weighted by molar-refractivity contribution is 6.12. The number of amides is 1. The van der Waals surface area contributed by atoms with Crippen molar-refractivity contribution in [3.05, 3.63) is 59.7 Å². The van der Waals surface area contributed by atoms with Gasteiger partial charge in [0.2, 0.25) is 5.91 Å². The van der Waals surface area contributed by atoms with E-state index in [1.54, 1.807) is 12.3 Å². The molecule has 2 N–H and O–H groups in total. The Labute approximate surface area is 116 Å². The van der Waals surface area contributed by atoms with Crippen molar-refractivity contribution in [3.8, 4) is 0 Å². The number of hydrogen-bond donors (Lipinski definition) is 2. The highest BCUT2D eigenvalue weighted by Crippen LogP contribution is 2.31. The Kier molecular flexibility index (Phi) is 3.31. The van der Waals surface area contributed by atoms with Gasteiger partial charge in [-0.3, -0.25) is 9.79 Å². The summed E-state index contributed by atoms with van der Waals surface area (Å²) in [7, 11) is 0. The van der Waals surface area contributed by atoms with E-state index in [0.717, 1.165) is 22.5 Å². The predicted octanol–water partition coefficient (Wildman–Crippen LogP) is 2.62. The van der Waals surface area contributed by atoms with Crippen molar-refractivity contribution in [2.45, 2.75) is 12.5 Å². The monoisotopic (exact) mass is 266 g/mol. The number of fused-ring (bicyclic) bond motifs is 1. The van der Waals surface area contributed by atoms with Crippen LogP contribution in [0.3, 0.4) is 0 Å². The van der Waals surface area contributed by atoms with Crippen LogP contribution in [0, 0.1) is 0 Å². The Balaban J connectivity index is 1.87. The maximum atomic E-state index is 11.9. The minimum atomic E-state index is -0.357. The minimum Gasteiger partial charge on any atom is -0.392 e. The molecule has 1 aliphatic heterocycles. The van der Waals surface area contributed by atoms with Crippen LogP contribution in [0.1, 0.15) is 17.0 Å². The number of carbonyl (C=O) groups is 1. The third kappa shape index (κ3) is 2.33. The molecule has 0 fully saturated rings. The molecule has 100 valence electrons. The standard InChI is InChI=1S/C16H14N2O2/c19-10-11-4-3-5-12(8-11)17-9-14-13-6-1-2-7-15(13)18-16(14)20/h1-9,14,19H,10H2,(H,18,20). The zero-order valence-electron chi connectivity index (χ0n) is 10.8. The zero-order valence-corrected chi connectivity index (χ0v) is 10.8. The second-order valence-electron chi connectivity index (χ2n) is 4.66. The molecule has 4 heteroatoms. The molecule has 1 unspecified atom stereocenters. The van der Waals surface area contributed by atoms with Gasteiger partial charge >= 0.3 is 0 Å². The van der Waals surface area contributed by atoms with Gasteiger partial charge in [-0.15, -0.1) is 0 Å². The molecule has 0 radical (unpaired) electrons. The fraction of sp³-hybridized carbons (Fsp3) is 0.125. The summed E-state index contributed by atoms with van der Waals surface area (Å²) in [5.74, 6) is -0.419. The number of aliphatic hydroxyl groups excluding tert-OH is 1. The summed E-state index contributed by atoms with van der Waals surface area (Å²) >= 11 is 0. The van der Waals surface area contributed by atoms with Gasteiger partial charge in [0.25, 0.3) is 0 Å². The SMILES string of the molecule is O=C1Nc2ccccc2C1C=Nc1cccc(CO)c1. The molecule has 0 aliphatic carbocycles. The molecule has 1 atom stereocenters. The minimum absolute atomic E-state index is 0.0177. The summed E-state index contributed by atoms with van der Waals surface area (Å²) in [4.78, 5) is 16.3. The van der Waals surface area contributed by atoms with Gasteiger partial charge in [-0.05, 0) is 29.3 Å². The lowest BCUT2D eigenvalue weighted by Crippen LogP contribution is -2.12. The first-order valence-electron chi connectivity index (χ1n) is 6.42. The first kappa shape index (κ1) is 12.6. The summed E-state index contributed by atoms with van der Waals surface area (Å²) in [6.45, 7) is -0.0177. The van der Waals surface area contributed by atoms with Gasteiger partial charge < -0.3 is 10.4 Å². The van der Waals surface area contributed by atoms with E-state index < -0.39 is 0 Å². The third-order valence-electron chi connectivity index (χ3n) is 3.30. The number of hydrogen-bond acceptors (Lipinski definition) is 3. The molecule has 20 heavy (non-hydrogen) atoms. The quantitative estimate of drug-likeness (QED) is 0.839. The first-order valence-corrected chi connectivity index (χ1v) is 6.42. The Morgan fingerprint density at radius 2 is 2.05 bits per heavy atom. The average Bonchev–Trinajstić information content (AvgIpc) is 2.81. The molecule has 0 spiro atoms. The van der Waals surface area contributed by atoms with Crippen molar-refractivity contribution in [2.75, 3.05) is 5.32 Å². The summed E-state index contributed by atoms with van der Waals surface area (Å²) in [6, 6.07) is 14.9. The number of anilines is 1. The molecule has 0 saturated carbocycles. The van der Waals surface area contributed by atoms with Crippen LogP contribution in [0.2, 0.25) is 0 Å². The van der Waals surface area contributed by atoms with Crippen LogP contribution in [0.5, 0.6) is 0 Å². The number of aliphatic hydroxyl groups is 1. The van der Waals surface area contributed by atoms with Crippen molar-refractivity contribution in [3.63, 3.8) is 0 Å². The molecular weight excluding hydrogens is 252 g/mol. The molecule has 4 nitrogen and oxygen atoms in total. The molecule has 1 heterocycles. The summed E-state index contributed by atoms with van der Waals surface area (Å²) < 4.78 is 0. The smallest absolute Gasteiger partial charge is 0.237 e. The number of nitrogens with one attached hydrogen (secondary N) is 1. The molecule has 2 aromatic rings. The number of para-hydroxylation sites is 1. The van der Waals surface area contributed by atoms with E-state index >= 15 is 0 Å². The fourth-order valence-corrected chi connectivity index (χ4v) is 2.28. The topological polar surface area (TPSA) is 61.7 Å². The van der Waals surface area contributed by atoms with Gasteiger partial charge in [-0.25, -0.2) is 0 Å². The predicted molar refractivity (Wildman–Crippen MR) is 78.3 cm³/mol. The Morgan fingerprint density at radius 3 is 2.90 bits per heavy atom. The lowest BCUT2D eigenvalue weighted by Gasteiger charge is -2.02. The second-order valence-corrected chi connectivity index (χ2v) is 4.66. The lowest BCUT2D eigenvalue weighted by molar-refractivity contribution is -0.115. The van der Waals surface area contributed by atoms with Crippen LogP contribution in [0.4, 0.5) is 11.4 Å². The molecule has 0 bridgehead atoms. The van der Waals surface area contributed by atoms with Gasteiger partial charge in [0, 0.05) is 11.9 Å². The van der Waals surface area contributed by atoms with Crippen LogP contribution in [0.25, 0.3) is 0 Å². The molecule has 0 aromatic heterocycles. The molecule has 1 amide bonds. The molecule has 2 aromatic carbocycles. The third-order valence-corrected chi connectivity index (χ3v) is 3.30. The number of rotatable bonds is 3. The van der Waals surface area contributed by atoms with E-state index in [4.69, 9.17) is 5.11 Å². The lowest BCUT2D eigenvalue weighted by atomic mass is 10.0. The average molecular weight is 266 g/mol. The van der Waals surface area contributed by atoms with E-state index in [9.17, 15) is 4.79 Å². The molecule has 3 rings (SSSR count). The van der Waals surface area contributed by atoms with Crippen LogP contribution >= 0.6 is 0 Å². The number of aliphatic imine (C=N–C) groups is 1. The van der Waals surface area contributed by atoms with E-state index in [0.29, 0.717) is 0 Å². The fourth-order valence-electron chi connectivity index (χ4n) is 2.28. The largest absolute Gasteiger partial charge is 0.392 e. The summed E-state index contributed by atoms with van der Waals surface area (Å²) in [6.07, 6.45) is 1.65. The Bertz CT molecular complexity index is 680. The second kappa shape index (κ2) is 5.27. The van der Waals surface area contributed by atoms with Crippen LogP contribution in [-0.2, 0) is 11.4 Å². The van der Waals surface area contributed by atoms with Gasteiger partial charge in [-0.2, -0.15) is 0 Å². The van der Waals surface area contributed by atoms with Crippen LogP contribution < -0.4 is 5.32 Å². The van der Waals surface area contributed by atoms with E-state index in [1.807, 2.05) is 42.5 Å². The van der Waals surface area contributed by atoms with Gasteiger partial charge in [-0.1, -0.05) is 30.3 Å². The van der Waals surface area contributed by atoms with Crippen molar-refractivity contribution >= 4 is 23.5 Å². The molecular formula is C16H14N2O2. The summed E-state index contributed by atoms with van der Waals surface area (Å²) in [5.41, 5.74) is 3.32. The molecule has 0 saturated heterocycles.